The minimum Gasteiger partial charge on any atom is -0.449 e. The van der Waals surface area contributed by atoms with Crippen LogP contribution in [0.25, 0.3) is 0 Å². The molecule has 1 N–H and O–H groups in total. The van der Waals surface area contributed by atoms with Crippen molar-refractivity contribution < 1.29 is 19.2 Å². The van der Waals surface area contributed by atoms with Crippen LogP contribution in [-0.2, 0) is 16.1 Å². The molecule has 0 aliphatic carbocycles. The van der Waals surface area contributed by atoms with Crippen molar-refractivity contribution in [3.8, 4) is 0 Å². The summed E-state index contributed by atoms with van der Waals surface area (Å²) in [6.07, 6.45) is -1.15. The van der Waals surface area contributed by atoms with E-state index in [1.54, 1.807) is 19.1 Å². The van der Waals surface area contributed by atoms with Gasteiger partial charge in [-0.2, -0.15) is 5.10 Å². The van der Waals surface area contributed by atoms with Crippen LogP contribution in [0.4, 0.5) is 11.4 Å². The van der Waals surface area contributed by atoms with Gasteiger partial charge in [0.05, 0.1) is 17.2 Å². The molecule has 1 heterocycles. The molecular formula is C21H18Cl2N4O5. The van der Waals surface area contributed by atoms with Crippen LogP contribution in [0.1, 0.15) is 28.5 Å². The van der Waals surface area contributed by atoms with Crippen molar-refractivity contribution in [3.63, 3.8) is 0 Å². The Hall–Kier alpha value is -3.43. The van der Waals surface area contributed by atoms with Crippen LogP contribution >= 0.6 is 23.2 Å². The molecule has 11 heteroatoms. The number of rotatable bonds is 7. The summed E-state index contributed by atoms with van der Waals surface area (Å²) in [5, 5.41) is 18.1. The number of amides is 1. The molecule has 0 saturated heterocycles. The molecule has 1 amide bonds. The highest BCUT2D eigenvalue weighted by atomic mass is 35.5. The van der Waals surface area contributed by atoms with Crippen molar-refractivity contribution in [2.45, 2.75) is 26.5 Å². The van der Waals surface area contributed by atoms with E-state index in [2.05, 4.69) is 10.4 Å². The number of halogens is 2. The van der Waals surface area contributed by atoms with E-state index in [0.29, 0.717) is 16.4 Å². The molecule has 0 aliphatic heterocycles. The zero-order chi connectivity index (χ0) is 23.4. The van der Waals surface area contributed by atoms with Gasteiger partial charge in [0.1, 0.15) is 10.7 Å². The standard InChI is InChI=1S/C21H18Cl2N4O5/c1-12-18(19(23)26(25-12)11-14-5-3-4-6-17(14)22)21(29)32-13(2)20(28)24-15-7-9-16(10-8-15)27(30)31/h3-10,13H,11H2,1-2H3,(H,24,28). The van der Waals surface area contributed by atoms with Crippen LogP contribution in [0.3, 0.4) is 0 Å². The molecule has 3 aromatic rings. The van der Waals surface area contributed by atoms with Crippen molar-refractivity contribution in [1.29, 1.82) is 0 Å². The molecule has 32 heavy (non-hydrogen) atoms. The maximum Gasteiger partial charge on any atom is 0.343 e. The van der Waals surface area contributed by atoms with Gasteiger partial charge < -0.3 is 10.1 Å². The second-order valence-electron chi connectivity index (χ2n) is 6.84. The molecule has 2 aromatic carbocycles. The third-order valence-corrected chi connectivity index (χ3v) is 5.30. The van der Waals surface area contributed by atoms with Crippen LogP contribution in [0.15, 0.2) is 48.5 Å². The average Bonchev–Trinajstić information content (AvgIpc) is 3.03. The number of non-ortho nitro benzene ring substituents is 1. The molecule has 166 valence electrons. The molecule has 3 rings (SSSR count). The van der Waals surface area contributed by atoms with Gasteiger partial charge in [-0.05, 0) is 37.6 Å². The number of nitrogens with one attached hydrogen (secondary N) is 1. The van der Waals surface area contributed by atoms with E-state index in [-0.39, 0.29) is 22.9 Å². The Morgan fingerprint density at radius 3 is 2.47 bits per heavy atom. The fourth-order valence-corrected chi connectivity index (χ4v) is 3.37. The Morgan fingerprint density at radius 2 is 1.84 bits per heavy atom. The lowest BCUT2D eigenvalue weighted by molar-refractivity contribution is -0.384. The second-order valence-corrected chi connectivity index (χ2v) is 7.61. The molecule has 1 unspecified atom stereocenters. The number of benzene rings is 2. The summed E-state index contributed by atoms with van der Waals surface area (Å²) in [5.74, 6) is -1.41. The number of aryl methyl sites for hydroxylation is 1. The summed E-state index contributed by atoms with van der Waals surface area (Å²) in [4.78, 5) is 35.2. The number of carbonyl (C=O) groups is 2. The summed E-state index contributed by atoms with van der Waals surface area (Å²) in [6.45, 7) is 3.26. The highest BCUT2D eigenvalue weighted by Crippen LogP contribution is 2.24. The molecule has 0 spiro atoms. The quantitative estimate of drug-likeness (QED) is 0.301. The Kier molecular flexibility index (Phi) is 7.12. The van der Waals surface area contributed by atoms with Gasteiger partial charge in [-0.1, -0.05) is 41.4 Å². The Balaban J connectivity index is 1.68. The molecule has 0 aliphatic rings. The van der Waals surface area contributed by atoms with Crippen molar-refractivity contribution in [1.82, 2.24) is 9.78 Å². The SMILES string of the molecule is Cc1nn(Cc2ccccc2Cl)c(Cl)c1C(=O)OC(C)C(=O)Nc1ccc([N+](=O)[O-])cc1. The summed E-state index contributed by atoms with van der Waals surface area (Å²) >= 11 is 12.5. The average molecular weight is 477 g/mol. The number of nitro benzene ring substituents is 1. The molecule has 0 radical (unpaired) electrons. The van der Waals surface area contributed by atoms with Crippen molar-refractivity contribution in [2.75, 3.05) is 5.32 Å². The largest absolute Gasteiger partial charge is 0.449 e. The number of esters is 1. The number of nitrogens with zero attached hydrogens (tertiary/aromatic N) is 3. The van der Waals surface area contributed by atoms with E-state index in [1.807, 2.05) is 12.1 Å². The van der Waals surface area contributed by atoms with Crippen LogP contribution < -0.4 is 5.32 Å². The molecular weight excluding hydrogens is 459 g/mol. The smallest absolute Gasteiger partial charge is 0.343 e. The molecule has 0 bridgehead atoms. The van der Waals surface area contributed by atoms with Gasteiger partial charge in [-0.3, -0.25) is 14.9 Å². The normalized spacial score (nSPS) is 11.6. The molecule has 0 saturated carbocycles. The van der Waals surface area contributed by atoms with Gasteiger partial charge >= 0.3 is 5.97 Å². The summed E-state index contributed by atoms with van der Waals surface area (Å²) in [5.41, 5.74) is 1.38. The first-order chi connectivity index (χ1) is 15.2. The third kappa shape index (κ3) is 5.24. The minimum absolute atomic E-state index is 0.0497. The van der Waals surface area contributed by atoms with Crippen molar-refractivity contribution in [2.24, 2.45) is 0 Å². The van der Waals surface area contributed by atoms with Gasteiger partial charge in [0.15, 0.2) is 6.10 Å². The third-order valence-electron chi connectivity index (χ3n) is 4.55. The topological polar surface area (TPSA) is 116 Å². The number of hydrogen-bond acceptors (Lipinski definition) is 6. The maximum absolute atomic E-state index is 12.7. The van der Waals surface area contributed by atoms with E-state index in [9.17, 15) is 19.7 Å². The van der Waals surface area contributed by atoms with Gasteiger partial charge in [0.2, 0.25) is 0 Å². The monoisotopic (exact) mass is 476 g/mol. The van der Waals surface area contributed by atoms with Gasteiger partial charge in [-0.15, -0.1) is 0 Å². The number of aromatic nitrogens is 2. The molecule has 9 nitrogen and oxygen atoms in total. The Morgan fingerprint density at radius 1 is 1.19 bits per heavy atom. The molecule has 0 fully saturated rings. The predicted octanol–water partition coefficient (Wildman–Crippen LogP) is 4.64. The Bertz CT molecular complexity index is 1180. The van der Waals surface area contributed by atoms with Crippen molar-refractivity contribution >= 4 is 46.5 Å². The van der Waals surface area contributed by atoms with Crippen LogP contribution in [-0.4, -0.2) is 32.7 Å². The fraction of sp³-hybridized carbons (Fsp3) is 0.190. The highest BCUT2D eigenvalue weighted by molar-refractivity contribution is 6.33. The summed E-state index contributed by atoms with van der Waals surface area (Å²) < 4.78 is 6.69. The van der Waals surface area contributed by atoms with Gasteiger partial charge in [0.25, 0.3) is 11.6 Å². The van der Waals surface area contributed by atoms with E-state index >= 15 is 0 Å². The number of anilines is 1. The number of nitro groups is 1. The van der Waals surface area contributed by atoms with Crippen LogP contribution in [0.5, 0.6) is 0 Å². The van der Waals surface area contributed by atoms with Gasteiger partial charge in [-0.25, -0.2) is 9.48 Å². The molecule has 1 atom stereocenters. The van der Waals surface area contributed by atoms with Crippen LogP contribution in [0.2, 0.25) is 10.2 Å². The lowest BCUT2D eigenvalue weighted by atomic mass is 10.2. The lowest BCUT2D eigenvalue weighted by Crippen LogP contribution is -2.30. The van der Waals surface area contributed by atoms with Crippen molar-refractivity contribution in [3.05, 3.63) is 85.6 Å². The van der Waals surface area contributed by atoms with Gasteiger partial charge in [0, 0.05) is 22.8 Å². The first-order valence-corrected chi connectivity index (χ1v) is 10.2. The molecule has 1 aromatic heterocycles. The van der Waals surface area contributed by atoms with Crippen LogP contribution in [0, 0.1) is 17.0 Å². The van der Waals surface area contributed by atoms with E-state index < -0.39 is 22.9 Å². The summed E-state index contributed by atoms with van der Waals surface area (Å²) in [7, 11) is 0. The van der Waals surface area contributed by atoms with E-state index in [4.69, 9.17) is 27.9 Å². The first kappa shape index (κ1) is 23.2. The number of carbonyl (C=O) groups excluding carboxylic acids is 2. The first-order valence-electron chi connectivity index (χ1n) is 9.40. The fourth-order valence-electron chi connectivity index (χ4n) is 2.86. The Labute approximate surface area is 193 Å². The summed E-state index contributed by atoms with van der Waals surface area (Å²) in [6, 6.07) is 12.4. The lowest BCUT2D eigenvalue weighted by Gasteiger charge is -2.13. The maximum atomic E-state index is 12.7. The number of hydrogen-bond donors (Lipinski definition) is 1. The second kappa shape index (κ2) is 9.80. The number of ether oxygens (including phenoxy) is 1. The minimum atomic E-state index is -1.15. The van der Waals surface area contributed by atoms with E-state index in [0.717, 1.165) is 5.56 Å². The predicted molar refractivity (Wildman–Crippen MR) is 119 cm³/mol. The zero-order valence-corrected chi connectivity index (χ0v) is 18.6. The van der Waals surface area contributed by atoms with E-state index in [1.165, 1.54) is 35.9 Å². The zero-order valence-electron chi connectivity index (χ0n) is 17.0. The highest BCUT2D eigenvalue weighted by Gasteiger charge is 2.26.